The van der Waals surface area contributed by atoms with Crippen LogP contribution in [0.3, 0.4) is 0 Å². The number of anilines is 1. The fourth-order valence-corrected chi connectivity index (χ4v) is 1.13. The average molecular weight is 238 g/mol. The Morgan fingerprint density at radius 3 is 2.47 bits per heavy atom. The zero-order valence-corrected chi connectivity index (χ0v) is 9.84. The van der Waals surface area contributed by atoms with Crippen LogP contribution in [0.2, 0.25) is 0 Å². The highest BCUT2D eigenvalue weighted by Gasteiger charge is 2.18. The first kappa shape index (κ1) is 12.9. The van der Waals surface area contributed by atoms with Crippen LogP contribution in [0.25, 0.3) is 0 Å². The molecule has 7 nitrogen and oxygen atoms in total. The third-order valence-corrected chi connectivity index (χ3v) is 2.41. The van der Waals surface area contributed by atoms with Gasteiger partial charge in [-0.3, -0.25) is 4.79 Å². The zero-order valence-electron chi connectivity index (χ0n) is 9.84. The number of nitrogens with one attached hydrogen (secondary N) is 1. The molecule has 7 heteroatoms. The van der Waals surface area contributed by atoms with Gasteiger partial charge in [0, 0.05) is 14.1 Å². The molecule has 1 amide bonds. The van der Waals surface area contributed by atoms with Crippen LogP contribution >= 0.6 is 0 Å². The number of aliphatic carboxylic acids is 1. The van der Waals surface area contributed by atoms with Crippen LogP contribution in [0.4, 0.5) is 5.82 Å². The summed E-state index contributed by atoms with van der Waals surface area (Å²) in [6, 6.07) is 2.33. The van der Waals surface area contributed by atoms with Gasteiger partial charge in [-0.05, 0) is 19.1 Å². The van der Waals surface area contributed by atoms with E-state index in [9.17, 15) is 9.59 Å². The van der Waals surface area contributed by atoms with Crippen LogP contribution in [0.5, 0.6) is 0 Å². The molecule has 17 heavy (non-hydrogen) atoms. The van der Waals surface area contributed by atoms with Crippen LogP contribution in [-0.4, -0.2) is 47.3 Å². The molecule has 1 aromatic rings. The van der Waals surface area contributed by atoms with Gasteiger partial charge in [0.25, 0.3) is 5.91 Å². The van der Waals surface area contributed by atoms with Crippen LogP contribution < -0.4 is 10.2 Å². The van der Waals surface area contributed by atoms with E-state index in [1.807, 2.05) is 0 Å². The monoisotopic (exact) mass is 238 g/mol. The third-order valence-electron chi connectivity index (χ3n) is 2.41. The standard InChI is InChI=1S/C10H14N4O3/c1-6(10(16)17)14(3)8-5-4-7(12-13-8)9(15)11-2/h4-6H,1-3H3,(H,11,15)(H,16,17). The molecule has 0 bridgehead atoms. The number of rotatable bonds is 4. The lowest BCUT2D eigenvalue weighted by Crippen LogP contribution is -2.36. The van der Waals surface area contributed by atoms with Gasteiger partial charge in [0.15, 0.2) is 11.5 Å². The molecule has 0 aliphatic carbocycles. The highest BCUT2D eigenvalue weighted by molar-refractivity contribution is 5.91. The van der Waals surface area contributed by atoms with E-state index >= 15 is 0 Å². The minimum absolute atomic E-state index is 0.188. The molecule has 0 saturated carbocycles. The normalized spacial score (nSPS) is 11.7. The summed E-state index contributed by atoms with van der Waals surface area (Å²) in [6.07, 6.45) is 0. The number of likely N-dealkylation sites (N-methyl/N-ethyl adjacent to an activating group) is 1. The number of nitrogens with zero attached hydrogens (tertiary/aromatic N) is 3. The molecule has 1 atom stereocenters. The quantitative estimate of drug-likeness (QED) is 0.750. The number of aromatic nitrogens is 2. The number of carbonyl (C=O) groups is 2. The van der Waals surface area contributed by atoms with Gasteiger partial charge in [-0.1, -0.05) is 0 Å². The summed E-state index contributed by atoms with van der Waals surface area (Å²) in [6.45, 7) is 1.54. The Kier molecular flexibility index (Phi) is 3.97. The van der Waals surface area contributed by atoms with Crippen LogP contribution in [-0.2, 0) is 4.79 Å². The lowest BCUT2D eigenvalue weighted by Gasteiger charge is -2.21. The van der Waals surface area contributed by atoms with E-state index in [0.29, 0.717) is 5.82 Å². The first-order valence-corrected chi connectivity index (χ1v) is 4.98. The smallest absolute Gasteiger partial charge is 0.326 e. The number of hydrogen-bond acceptors (Lipinski definition) is 5. The highest BCUT2D eigenvalue weighted by Crippen LogP contribution is 2.10. The van der Waals surface area contributed by atoms with E-state index in [0.717, 1.165) is 0 Å². The van der Waals surface area contributed by atoms with Crippen molar-refractivity contribution in [3.05, 3.63) is 17.8 Å². The van der Waals surface area contributed by atoms with Gasteiger partial charge >= 0.3 is 5.97 Å². The molecule has 1 heterocycles. The summed E-state index contributed by atoms with van der Waals surface area (Å²) >= 11 is 0. The Balaban J connectivity index is 2.87. The number of hydrogen-bond donors (Lipinski definition) is 2. The lowest BCUT2D eigenvalue weighted by molar-refractivity contribution is -0.138. The Morgan fingerprint density at radius 2 is 2.06 bits per heavy atom. The van der Waals surface area contributed by atoms with Crippen molar-refractivity contribution in [2.75, 3.05) is 19.0 Å². The topological polar surface area (TPSA) is 95.4 Å². The van der Waals surface area contributed by atoms with E-state index in [-0.39, 0.29) is 11.6 Å². The highest BCUT2D eigenvalue weighted by atomic mass is 16.4. The number of carboxylic acids is 1. The second kappa shape index (κ2) is 5.24. The van der Waals surface area contributed by atoms with Gasteiger partial charge in [0.2, 0.25) is 0 Å². The van der Waals surface area contributed by atoms with E-state index < -0.39 is 12.0 Å². The van der Waals surface area contributed by atoms with E-state index in [4.69, 9.17) is 5.11 Å². The van der Waals surface area contributed by atoms with Crippen molar-refractivity contribution in [1.29, 1.82) is 0 Å². The van der Waals surface area contributed by atoms with Crippen LogP contribution in [0.15, 0.2) is 12.1 Å². The molecule has 0 radical (unpaired) electrons. The predicted octanol–water partition coefficient (Wildman–Crippen LogP) is -0.255. The largest absolute Gasteiger partial charge is 0.480 e. The maximum absolute atomic E-state index is 11.2. The SMILES string of the molecule is CNC(=O)c1ccc(N(C)C(C)C(=O)O)nn1. The summed E-state index contributed by atoms with van der Waals surface area (Å²) in [5.74, 6) is -0.893. The Hall–Kier alpha value is -2.18. The molecule has 1 aromatic heterocycles. The lowest BCUT2D eigenvalue weighted by atomic mass is 10.3. The molecule has 0 aliphatic rings. The van der Waals surface area contributed by atoms with Crippen LogP contribution in [0.1, 0.15) is 17.4 Å². The van der Waals surface area contributed by atoms with Crippen molar-refractivity contribution in [3.63, 3.8) is 0 Å². The fraction of sp³-hybridized carbons (Fsp3) is 0.400. The molecule has 0 aliphatic heterocycles. The second-order valence-corrected chi connectivity index (χ2v) is 3.48. The zero-order chi connectivity index (χ0) is 13.0. The van der Waals surface area contributed by atoms with Gasteiger partial charge in [0.05, 0.1) is 0 Å². The maximum atomic E-state index is 11.2. The first-order chi connectivity index (χ1) is 7.97. The summed E-state index contributed by atoms with van der Waals surface area (Å²) in [7, 11) is 3.10. The van der Waals surface area contributed by atoms with E-state index in [1.54, 1.807) is 13.1 Å². The first-order valence-electron chi connectivity index (χ1n) is 4.98. The molecule has 92 valence electrons. The summed E-state index contributed by atoms with van der Waals surface area (Å²) in [5.41, 5.74) is 0.188. The molecule has 2 N–H and O–H groups in total. The summed E-state index contributed by atoms with van der Waals surface area (Å²) in [5, 5.41) is 18.8. The van der Waals surface area contributed by atoms with E-state index in [1.165, 1.54) is 24.9 Å². The summed E-state index contributed by atoms with van der Waals surface area (Å²) in [4.78, 5) is 23.5. The van der Waals surface area contributed by atoms with Crippen molar-refractivity contribution in [1.82, 2.24) is 15.5 Å². The Bertz CT molecular complexity index is 418. The average Bonchev–Trinajstić information content (AvgIpc) is 2.36. The fourth-order valence-electron chi connectivity index (χ4n) is 1.13. The Labute approximate surface area is 98.5 Å². The van der Waals surface area contributed by atoms with Gasteiger partial charge in [0.1, 0.15) is 6.04 Å². The molecule has 0 saturated heterocycles. The number of amides is 1. The van der Waals surface area contributed by atoms with Gasteiger partial charge < -0.3 is 15.3 Å². The number of carbonyl (C=O) groups excluding carboxylic acids is 1. The molecule has 0 aromatic carbocycles. The Morgan fingerprint density at radius 1 is 1.41 bits per heavy atom. The minimum Gasteiger partial charge on any atom is -0.480 e. The predicted molar refractivity (Wildman–Crippen MR) is 60.9 cm³/mol. The summed E-state index contributed by atoms with van der Waals surface area (Å²) < 4.78 is 0. The van der Waals surface area contributed by atoms with Crippen molar-refractivity contribution >= 4 is 17.7 Å². The van der Waals surface area contributed by atoms with Gasteiger partial charge in [-0.2, -0.15) is 0 Å². The van der Waals surface area contributed by atoms with Crippen molar-refractivity contribution < 1.29 is 14.7 Å². The molecular formula is C10H14N4O3. The second-order valence-electron chi connectivity index (χ2n) is 3.48. The van der Waals surface area contributed by atoms with Gasteiger partial charge in [-0.25, -0.2) is 4.79 Å². The number of carboxylic acid groups (broad SMARTS) is 1. The maximum Gasteiger partial charge on any atom is 0.326 e. The third kappa shape index (κ3) is 2.90. The van der Waals surface area contributed by atoms with Crippen molar-refractivity contribution in [2.45, 2.75) is 13.0 Å². The van der Waals surface area contributed by atoms with Crippen molar-refractivity contribution in [3.8, 4) is 0 Å². The van der Waals surface area contributed by atoms with E-state index in [2.05, 4.69) is 15.5 Å². The molecule has 0 fully saturated rings. The molecular weight excluding hydrogens is 224 g/mol. The minimum atomic E-state index is -0.954. The van der Waals surface area contributed by atoms with Crippen molar-refractivity contribution in [2.24, 2.45) is 0 Å². The molecule has 1 rings (SSSR count). The van der Waals surface area contributed by atoms with Gasteiger partial charge in [-0.15, -0.1) is 10.2 Å². The molecule has 1 unspecified atom stereocenters. The van der Waals surface area contributed by atoms with Crippen LogP contribution in [0, 0.1) is 0 Å². The molecule has 0 spiro atoms.